The van der Waals surface area contributed by atoms with E-state index in [2.05, 4.69) is 0 Å². The van der Waals surface area contributed by atoms with E-state index in [4.69, 9.17) is 17.3 Å². The zero-order chi connectivity index (χ0) is 12.4. The molecule has 0 aliphatic heterocycles. The molecular weight excluding hydrogens is 242 g/mol. The van der Waals surface area contributed by atoms with Crippen LogP contribution in [0.15, 0.2) is 30.5 Å². The second-order valence-electron chi connectivity index (χ2n) is 3.56. The highest BCUT2D eigenvalue weighted by Crippen LogP contribution is 2.20. The summed E-state index contributed by atoms with van der Waals surface area (Å²) < 4.78 is 1.69. The summed E-state index contributed by atoms with van der Waals surface area (Å²) in [5, 5.41) is 3.57. The van der Waals surface area contributed by atoms with Gasteiger partial charge >= 0.3 is 6.03 Å². The van der Waals surface area contributed by atoms with E-state index in [0.717, 1.165) is 10.9 Å². The maximum Gasteiger partial charge on any atom is 0.318 e. The van der Waals surface area contributed by atoms with Gasteiger partial charge in [-0.3, -0.25) is 10.1 Å². The highest BCUT2D eigenvalue weighted by atomic mass is 35.5. The van der Waals surface area contributed by atoms with Crippen molar-refractivity contribution in [3.8, 4) is 0 Å². The second kappa shape index (κ2) is 4.47. The maximum atomic E-state index is 11.4. The van der Waals surface area contributed by atoms with Crippen molar-refractivity contribution < 1.29 is 9.59 Å². The van der Waals surface area contributed by atoms with Gasteiger partial charge in [0.15, 0.2) is 0 Å². The molecule has 88 valence electrons. The lowest BCUT2D eigenvalue weighted by Crippen LogP contribution is -2.37. The molecule has 2 aromatic rings. The van der Waals surface area contributed by atoms with Gasteiger partial charge in [-0.25, -0.2) is 4.79 Å². The molecule has 0 saturated heterocycles. The van der Waals surface area contributed by atoms with Crippen LogP contribution >= 0.6 is 11.6 Å². The molecule has 1 aromatic heterocycles. The molecule has 0 unspecified atom stereocenters. The summed E-state index contributed by atoms with van der Waals surface area (Å²) in [5.74, 6) is -0.463. The van der Waals surface area contributed by atoms with Crippen LogP contribution in [0.5, 0.6) is 0 Å². The lowest BCUT2D eigenvalue weighted by Gasteiger charge is -2.04. The number of rotatable bonds is 2. The van der Waals surface area contributed by atoms with E-state index in [1.807, 2.05) is 17.4 Å². The highest BCUT2D eigenvalue weighted by Gasteiger charge is 2.07. The molecule has 0 bridgehead atoms. The topological polar surface area (TPSA) is 77.1 Å². The number of carbonyl (C=O) groups is 2. The molecule has 0 radical (unpaired) electrons. The Morgan fingerprint density at radius 3 is 2.82 bits per heavy atom. The summed E-state index contributed by atoms with van der Waals surface area (Å²) in [4.78, 5) is 21.9. The van der Waals surface area contributed by atoms with Crippen LogP contribution in [0.4, 0.5) is 4.79 Å². The molecule has 5 nitrogen and oxygen atoms in total. The van der Waals surface area contributed by atoms with Crippen molar-refractivity contribution in [3.05, 3.63) is 35.5 Å². The van der Waals surface area contributed by atoms with E-state index >= 15 is 0 Å². The van der Waals surface area contributed by atoms with E-state index in [0.29, 0.717) is 5.02 Å². The molecule has 2 rings (SSSR count). The number of urea groups is 1. The monoisotopic (exact) mass is 251 g/mol. The average Bonchev–Trinajstić information content (AvgIpc) is 2.60. The Labute approximate surface area is 102 Å². The van der Waals surface area contributed by atoms with Gasteiger partial charge < -0.3 is 10.3 Å². The smallest absolute Gasteiger partial charge is 0.318 e. The van der Waals surface area contributed by atoms with E-state index in [-0.39, 0.29) is 6.54 Å². The summed E-state index contributed by atoms with van der Waals surface area (Å²) in [7, 11) is 0. The van der Waals surface area contributed by atoms with Crippen LogP contribution in [0.2, 0.25) is 5.02 Å². The third-order valence-corrected chi connectivity index (χ3v) is 2.55. The Hall–Kier alpha value is -2.01. The first-order valence-electron chi connectivity index (χ1n) is 4.90. The van der Waals surface area contributed by atoms with Crippen molar-refractivity contribution >= 4 is 34.4 Å². The molecule has 0 aliphatic rings. The van der Waals surface area contributed by atoms with Crippen molar-refractivity contribution in [3.63, 3.8) is 0 Å². The van der Waals surface area contributed by atoms with E-state index in [1.54, 1.807) is 22.9 Å². The third kappa shape index (κ3) is 2.57. The normalized spacial score (nSPS) is 10.4. The van der Waals surface area contributed by atoms with Gasteiger partial charge in [0.05, 0.1) is 0 Å². The number of imide groups is 1. The number of carbonyl (C=O) groups excluding carboxylic acids is 2. The van der Waals surface area contributed by atoms with Crippen LogP contribution in [0, 0.1) is 0 Å². The maximum absolute atomic E-state index is 11.4. The number of amides is 3. The van der Waals surface area contributed by atoms with E-state index < -0.39 is 11.9 Å². The fraction of sp³-hybridized carbons (Fsp3) is 0.0909. The summed E-state index contributed by atoms with van der Waals surface area (Å²) in [5.41, 5.74) is 5.69. The largest absolute Gasteiger partial charge is 0.351 e. The number of hydrogen-bond acceptors (Lipinski definition) is 2. The van der Waals surface area contributed by atoms with Crippen LogP contribution in [-0.2, 0) is 11.3 Å². The Morgan fingerprint density at radius 2 is 2.12 bits per heavy atom. The second-order valence-corrected chi connectivity index (χ2v) is 4.00. The van der Waals surface area contributed by atoms with Gasteiger partial charge in [-0.05, 0) is 23.6 Å². The molecular formula is C11H10ClN3O2. The molecule has 0 saturated carbocycles. The molecule has 0 fully saturated rings. The zero-order valence-corrected chi connectivity index (χ0v) is 9.57. The van der Waals surface area contributed by atoms with Crippen LogP contribution in [0.3, 0.4) is 0 Å². The summed E-state index contributed by atoms with van der Waals surface area (Å²) in [6, 6.07) is 6.40. The highest BCUT2D eigenvalue weighted by molar-refractivity contribution is 6.31. The predicted octanol–water partition coefficient (Wildman–Crippen LogP) is 1.49. The number of benzene rings is 1. The van der Waals surface area contributed by atoms with Crippen molar-refractivity contribution in [2.75, 3.05) is 0 Å². The van der Waals surface area contributed by atoms with Gasteiger partial charge in [-0.1, -0.05) is 17.7 Å². The minimum atomic E-state index is -0.857. The van der Waals surface area contributed by atoms with Crippen molar-refractivity contribution in [2.45, 2.75) is 6.54 Å². The number of halogens is 1. The molecule has 3 N–H and O–H groups in total. The molecule has 0 atom stereocenters. The first-order valence-corrected chi connectivity index (χ1v) is 5.28. The molecule has 3 amide bonds. The van der Waals surface area contributed by atoms with Crippen molar-refractivity contribution in [1.82, 2.24) is 9.88 Å². The average molecular weight is 252 g/mol. The van der Waals surface area contributed by atoms with Crippen LogP contribution in [-0.4, -0.2) is 16.5 Å². The van der Waals surface area contributed by atoms with E-state index in [1.165, 1.54) is 0 Å². The molecule has 1 aromatic carbocycles. The van der Waals surface area contributed by atoms with Crippen LogP contribution < -0.4 is 11.1 Å². The fourth-order valence-corrected chi connectivity index (χ4v) is 1.79. The molecule has 0 spiro atoms. The minimum absolute atomic E-state index is 0.0206. The minimum Gasteiger partial charge on any atom is -0.351 e. The van der Waals surface area contributed by atoms with Crippen LogP contribution in [0.25, 0.3) is 10.9 Å². The zero-order valence-electron chi connectivity index (χ0n) is 8.81. The number of nitrogens with zero attached hydrogens (tertiary/aromatic N) is 1. The summed E-state index contributed by atoms with van der Waals surface area (Å²) in [6.45, 7) is 0.0206. The number of primary amides is 1. The predicted molar refractivity (Wildman–Crippen MR) is 64.7 cm³/mol. The Kier molecular flexibility index (Phi) is 3.01. The van der Waals surface area contributed by atoms with Gasteiger partial charge in [-0.2, -0.15) is 0 Å². The first kappa shape index (κ1) is 11.5. The molecule has 6 heteroatoms. The van der Waals surface area contributed by atoms with E-state index in [9.17, 15) is 9.59 Å². The lowest BCUT2D eigenvalue weighted by atomic mass is 10.2. The molecule has 17 heavy (non-hydrogen) atoms. The van der Waals surface area contributed by atoms with Gasteiger partial charge in [0.2, 0.25) is 5.91 Å². The molecule has 1 heterocycles. The quantitative estimate of drug-likeness (QED) is 0.848. The van der Waals surface area contributed by atoms with Gasteiger partial charge in [0.1, 0.15) is 6.54 Å². The number of nitrogens with two attached hydrogens (primary N) is 1. The van der Waals surface area contributed by atoms with Gasteiger partial charge in [0, 0.05) is 16.7 Å². The fourth-order valence-electron chi connectivity index (χ4n) is 1.63. The molecule has 0 aliphatic carbocycles. The van der Waals surface area contributed by atoms with Crippen molar-refractivity contribution in [1.29, 1.82) is 0 Å². The van der Waals surface area contributed by atoms with Gasteiger partial charge in [0.25, 0.3) is 0 Å². The summed E-state index contributed by atoms with van der Waals surface area (Å²) >= 11 is 5.88. The number of fused-ring (bicyclic) bond motifs is 1. The Morgan fingerprint density at radius 1 is 1.35 bits per heavy atom. The van der Waals surface area contributed by atoms with Crippen LogP contribution in [0.1, 0.15) is 0 Å². The third-order valence-electron chi connectivity index (χ3n) is 2.31. The lowest BCUT2D eigenvalue weighted by molar-refractivity contribution is -0.120. The Balaban J connectivity index is 2.27. The summed E-state index contributed by atoms with van der Waals surface area (Å²) in [6.07, 6.45) is 1.75. The Bertz CT molecular complexity index is 591. The number of hydrogen-bond donors (Lipinski definition) is 2. The SMILES string of the molecule is NC(=O)NC(=O)Cn1ccc2ccc(Cl)cc21. The number of aromatic nitrogens is 1. The van der Waals surface area contributed by atoms with Crippen molar-refractivity contribution in [2.24, 2.45) is 5.73 Å². The first-order chi connectivity index (χ1) is 8.06. The van der Waals surface area contributed by atoms with Gasteiger partial charge in [-0.15, -0.1) is 0 Å². The standard InChI is InChI=1S/C11H10ClN3O2/c12-8-2-1-7-3-4-15(9(7)5-8)6-10(16)14-11(13)17/h1-5H,6H2,(H3,13,14,16,17). The number of nitrogens with one attached hydrogen (secondary N) is 1.